The van der Waals surface area contributed by atoms with E-state index in [1.807, 2.05) is 0 Å². The Bertz CT molecular complexity index is 771. The maximum Gasteiger partial charge on any atom is 0.341 e. The highest BCUT2D eigenvalue weighted by Crippen LogP contribution is 2.28. The number of carbonyl (C=O) groups excluding carboxylic acids is 1. The first-order valence-electron chi connectivity index (χ1n) is 6.08. The van der Waals surface area contributed by atoms with Gasteiger partial charge in [-0.25, -0.2) is 9.64 Å². The first kappa shape index (κ1) is 17.9. The summed E-state index contributed by atoms with van der Waals surface area (Å²) in [5.74, 6) is -0.581. The van der Waals surface area contributed by atoms with Crippen molar-refractivity contribution in [2.45, 2.75) is 0 Å². The van der Waals surface area contributed by atoms with Gasteiger partial charge in [-0.15, -0.1) is 0 Å². The highest BCUT2D eigenvalue weighted by Gasteiger charge is 2.11. The van der Waals surface area contributed by atoms with Gasteiger partial charge in [0.1, 0.15) is 16.3 Å². The highest BCUT2D eigenvalue weighted by atomic mass is 35.5. The Hall–Kier alpha value is -3.11. The molecular weight excluding hydrogens is 324 g/mol. The van der Waals surface area contributed by atoms with Crippen LogP contribution in [0.25, 0.3) is 4.85 Å². The van der Waals surface area contributed by atoms with E-state index in [1.54, 1.807) is 12.1 Å². The number of phenols is 1. The fourth-order valence-electron chi connectivity index (χ4n) is 1.47. The molecule has 0 aliphatic rings. The molecule has 0 saturated carbocycles. The van der Waals surface area contributed by atoms with E-state index >= 15 is 0 Å². The summed E-state index contributed by atoms with van der Waals surface area (Å²) in [7, 11) is 1.27. The molecule has 0 unspecified atom stereocenters. The molecule has 0 bridgehead atoms. The van der Waals surface area contributed by atoms with Crippen molar-refractivity contribution < 1.29 is 19.6 Å². The zero-order valence-electron chi connectivity index (χ0n) is 11.9. The van der Waals surface area contributed by atoms with Crippen molar-refractivity contribution in [2.75, 3.05) is 7.11 Å². The maximum absolute atomic E-state index is 10.9. The Kier molecular flexibility index (Phi) is 6.52. The van der Waals surface area contributed by atoms with Crippen LogP contribution < -0.4 is 0 Å². The van der Waals surface area contributed by atoms with Crippen molar-refractivity contribution in [1.29, 1.82) is 0 Å². The molecule has 2 rings (SSSR count). The van der Waals surface area contributed by atoms with Gasteiger partial charge in [0.25, 0.3) is 5.69 Å². The molecule has 0 amide bonds. The van der Waals surface area contributed by atoms with Gasteiger partial charge in [-0.1, -0.05) is 29.8 Å². The summed E-state index contributed by atoms with van der Waals surface area (Å²) in [5.41, 5.74) is 0.172. The van der Waals surface area contributed by atoms with Gasteiger partial charge in [0.05, 0.1) is 18.6 Å². The minimum absolute atomic E-state index is 0.0485. The van der Waals surface area contributed by atoms with Crippen molar-refractivity contribution >= 4 is 28.9 Å². The molecule has 0 aliphatic heterocycles. The number of para-hydroxylation sites is 1. The summed E-state index contributed by atoms with van der Waals surface area (Å²) in [6.45, 7) is 6.61. The van der Waals surface area contributed by atoms with Crippen LogP contribution in [0.2, 0.25) is 5.02 Å². The zero-order chi connectivity index (χ0) is 17.4. The van der Waals surface area contributed by atoms with Gasteiger partial charge in [-0.05, 0) is 18.2 Å². The molecule has 0 radical (unpaired) electrons. The Morgan fingerprint density at radius 1 is 1.35 bits per heavy atom. The van der Waals surface area contributed by atoms with Crippen LogP contribution in [-0.2, 0) is 4.74 Å². The smallest absolute Gasteiger partial charge is 0.341 e. The Morgan fingerprint density at radius 3 is 2.52 bits per heavy atom. The van der Waals surface area contributed by atoms with Crippen LogP contribution in [0, 0.1) is 16.7 Å². The van der Waals surface area contributed by atoms with Crippen molar-refractivity contribution in [3.63, 3.8) is 0 Å². The van der Waals surface area contributed by atoms with Gasteiger partial charge in [0.15, 0.2) is 5.69 Å². The lowest BCUT2D eigenvalue weighted by molar-refractivity contribution is -0.384. The number of ether oxygens (including phenoxy) is 1. The molecule has 0 aromatic heterocycles. The van der Waals surface area contributed by atoms with Crippen LogP contribution in [0.1, 0.15) is 10.4 Å². The second-order valence-electron chi connectivity index (χ2n) is 4.01. The topological polar surface area (TPSA) is 94.0 Å². The van der Waals surface area contributed by atoms with Crippen LogP contribution >= 0.6 is 11.6 Å². The lowest BCUT2D eigenvalue weighted by Gasteiger charge is -1.99. The highest BCUT2D eigenvalue weighted by molar-refractivity contribution is 6.32. The molecular formula is C15H11ClN2O5. The number of methoxy groups -OCH3 is 1. The minimum atomic E-state index is -0.614. The van der Waals surface area contributed by atoms with E-state index in [9.17, 15) is 14.9 Å². The molecule has 1 N–H and O–H groups in total. The first-order valence-corrected chi connectivity index (χ1v) is 6.46. The largest absolute Gasteiger partial charge is 0.507 e. The van der Waals surface area contributed by atoms with Crippen LogP contribution in [0.3, 0.4) is 0 Å². The number of aromatic hydroxyl groups is 1. The van der Waals surface area contributed by atoms with Crippen molar-refractivity contribution in [3.05, 3.63) is 74.6 Å². The number of nitro groups is 1. The molecule has 0 saturated heterocycles. The number of carbonyl (C=O) groups is 1. The monoisotopic (exact) mass is 334 g/mol. The molecule has 118 valence electrons. The molecule has 7 nitrogen and oxygen atoms in total. The van der Waals surface area contributed by atoms with E-state index in [2.05, 4.69) is 9.58 Å². The summed E-state index contributed by atoms with van der Waals surface area (Å²) >= 11 is 5.50. The number of benzene rings is 2. The van der Waals surface area contributed by atoms with E-state index in [0.717, 1.165) is 6.07 Å². The van der Waals surface area contributed by atoms with E-state index < -0.39 is 10.9 Å². The molecule has 8 heteroatoms. The van der Waals surface area contributed by atoms with Gasteiger partial charge in [0.2, 0.25) is 0 Å². The molecule has 2 aromatic rings. The Balaban J connectivity index is 0.000000231. The third-order valence-electron chi connectivity index (χ3n) is 2.56. The minimum Gasteiger partial charge on any atom is -0.507 e. The van der Waals surface area contributed by atoms with E-state index in [-0.39, 0.29) is 27.7 Å². The van der Waals surface area contributed by atoms with E-state index in [4.69, 9.17) is 23.3 Å². The third-order valence-corrected chi connectivity index (χ3v) is 2.88. The fourth-order valence-corrected chi connectivity index (χ4v) is 1.65. The number of rotatable bonds is 2. The van der Waals surface area contributed by atoms with Gasteiger partial charge < -0.3 is 9.84 Å². The second-order valence-corrected chi connectivity index (χ2v) is 4.42. The average Bonchev–Trinajstić information content (AvgIpc) is 2.55. The number of hydrogen-bond donors (Lipinski definition) is 1. The Morgan fingerprint density at radius 2 is 2.00 bits per heavy atom. The molecule has 0 heterocycles. The predicted molar refractivity (Wildman–Crippen MR) is 83.8 cm³/mol. The quantitative estimate of drug-likeness (QED) is 0.388. The predicted octanol–water partition coefficient (Wildman–Crippen LogP) is 3.98. The number of hydrogen-bond acceptors (Lipinski definition) is 5. The number of phenolic OH excluding ortho intramolecular Hbond substituents is 1. The van der Waals surface area contributed by atoms with Gasteiger partial charge >= 0.3 is 5.97 Å². The number of nitro benzene ring substituents is 1. The van der Waals surface area contributed by atoms with Crippen LogP contribution in [0.5, 0.6) is 5.75 Å². The summed E-state index contributed by atoms with van der Waals surface area (Å²) in [6, 6.07) is 10.2. The van der Waals surface area contributed by atoms with Gasteiger partial charge in [-0.2, -0.15) is 0 Å². The summed E-state index contributed by atoms with van der Waals surface area (Å²) in [5, 5.41) is 19.5. The number of halogens is 1. The van der Waals surface area contributed by atoms with Gasteiger partial charge in [-0.3, -0.25) is 10.1 Å². The summed E-state index contributed by atoms with van der Waals surface area (Å²) in [6.07, 6.45) is 0. The first-order chi connectivity index (χ1) is 10.9. The van der Waals surface area contributed by atoms with Crippen molar-refractivity contribution in [2.24, 2.45) is 0 Å². The standard InChI is InChI=1S/C8H8O3.C7H3ClN2O2/c1-11-8(10)6-4-2-3-5-7(6)9;1-9-5-2-3-6(8)7(4-5)10(11)12/h2-5,9H,1H3;2-4H. The van der Waals surface area contributed by atoms with Gasteiger partial charge in [0, 0.05) is 6.07 Å². The third kappa shape index (κ3) is 4.98. The molecule has 0 atom stereocenters. The number of esters is 1. The normalized spacial score (nSPS) is 9.09. The van der Waals surface area contributed by atoms with Crippen molar-refractivity contribution in [3.8, 4) is 5.75 Å². The number of nitrogens with zero attached hydrogens (tertiary/aromatic N) is 2. The molecule has 0 fully saturated rings. The molecule has 23 heavy (non-hydrogen) atoms. The van der Waals surface area contributed by atoms with Crippen LogP contribution in [0.15, 0.2) is 42.5 Å². The zero-order valence-corrected chi connectivity index (χ0v) is 12.6. The fraction of sp³-hybridized carbons (Fsp3) is 0.0667. The SMILES string of the molecule is COC(=O)c1ccccc1O.[C-]#[N+]c1ccc(Cl)c([N+](=O)[O-])c1. The summed E-state index contributed by atoms with van der Waals surface area (Å²) in [4.78, 5) is 23.6. The average molecular weight is 335 g/mol. The summed E-state index contributed by atoms with van der Waals surface area (Å²) < 4.78 is 4.42. The lowest BCUT2D eigenvalue weighted by atomic mass is 10.2. The molecule has 0 aliphatic carbocycles. The molecule has 0 spiro atoms. The van der Waals surface area contributed by atoms with E-state index in [1.165, 1.54) is 31.4 Å². The Labute approximate surface area is 136 Å². The van der Waals surface area contributed by atoms with Crippen molar-refractivity contribution in [1.82, 2.24) is 0 Å². The second kappa shape index (κ2) is 8.36. The molecule has 2 aromatic carbocycles. The lowest BCUT2D eigenvalue weighted by Crippen LogP contribution is -2.00. The van der Waals surface area contributed by atoms with E-state index in [0.29, 0.717) is 0 Å². The maximum atomic E-state index is 10.9. The van der Waals surface area contributed by atoms with Crippen LogP contribution in [0.4, 0.5) is 11.4 Å². The van der Waals surface area contributed by atoms with Crippen LogP contribution in [-0.4, -0.2) is 23.1 Å².